The molecule has 4 aromatic rings. The molecule has 0 aliphatic heterocycles. The van der Waals surface area contributed by atoms with E-state index in [2.05, 4.69) is 26.0 Å². The van der Waals surface area contributed by atoms with Crippen LogP contribution in [-0.2, 0) is 0 Å². The second kappa shape index (κ2) is 9.42. The van der Waals surface area contributed by atoms with Crippen LogP contribution in [0.5, 0.6) is 5.75 Å². The fraction of sp³-hybridized carbons (Fsp3) is 0.0833. The molecule has 0 atom stereocenters. The molecule has 0 radical (unpaired) electrons. The smallest absolute Gasteiger partial charge is 0.280 e. The summed E-state index contributed by atoms with van der Waals surface area (Å²) >= 11 is 4.83. The topological polar surface area (TPSA) is 71.9 Å². The summed E-state index contributed by atoms with van der Waals surface area (Å²) in [5.41, 5.74) is 2.53. The molecular formula is C24H18BrN3O3S. The van der Waals surface area contributed by atoms with Crippen molar-refractivity contribution in [3.05, 3.63) is 87.9 Å². The summed E-state index contributed by atoms with van der Waals surface area (Å²) in [7, 11) is 1.60. The number of thiazole rings is 1. The minimum atomic E-state index is -0.344. The van der Waals surface area contributed by atoms with Gasteiger partial charge in [-0.1, -0.05) is 39.4 Å². The Kier molecular flexibility index (Phi) is 6.43. The Bertz CT molecular complexity index is 1310. The highest BCUT2D eigenvalue weighted by Crippen LogP contribution is 2.32. The maximum Gasteiger partial charge on any atom is 0.280 e. The van der Waals surface area contributed by atoms with Crippen LogP contribution in [-0.4, -0.2) is 30.0 Å². The van der Waals surface area contributed by atoms with Crippen molar-refractivity contribution in [2.24, 2.45) is 5.10 Å². The summed E-state index contributed by atoms with van der Waals surface area (Å²) in [6.07, 6.45) is 1.60. The lowest BCUT2D eigenvalue weighted by molar-refractivity contribution is 0.0983. The number of hydrogen-bond donors (Lipinski definition) is 0. The van der Waals surface area contributed by atoms with Crippen molar-refractivity contribution in [1.29, 1.82) is 0 Å². The molecule has 1 amide bonds. The first kappa shape index (κ1) is 21.9. The molecular weight excluding hydrogens is 490 g/mol. The minimum Gasteiger partial charge on any atom is -0.497 e. The quantitative estimate of drug-likeness (QED) is 0.183. The number of nitrogens with zero attached hydrogens (tertiary/aromatic N) is 3. The van der Waals surface area contributed by atoms with Gasteiger partial charge in [0.15, 0.2) is 5.78 Å². The molecule has 3 aromatic carbocycles. The van der Waals surface area contributed by atoms with E-state index in [4.69, 9.17) is 4.74 Å². The average Bonchev–Trinajstić information content (AvgIpc) is 3.22. The van der Waals surface area contributed by atoms with Gasteiger partial charge >= 0.3 is 0 Å². The highest BCUT2D eigenvalue weighted by Gasteiger charge is 2.21. The molecule has 0 aliphatic rings. The maximum absolute atomic E-state index is 13.4. The van der Waals surface area contributed by atoms with Gasteiger partial charge in [0.2, 0.25) is 5.13 Å². The summed E-state index contributed by atoms with van der Waals surface area (Å²) < 4.78 is 7.04. The molecule has 1 aromatic heterocycles. The first-order valence-electron chi connectivity index (χ1n) is 9.64. The van der Waals surface area contributed by atoms with E-state index in [-0.39, 0.29) is 11.7 Å². The minimum absolute atomic E-state index is 0.0601. The number of hydrogen-bond acceptors (Lipinski definition) is 6. The molecule has 0 fully saturated rings. The molecule has 0 aliphatic carbocycles. The number of Topliss-reactive ketones (excluding diaryl/α,β-unsaturated/α-hetero) is 1. The molecule has 8 heteroatoms. The molecule has 1 heterocycles. The SMILES string of the molecule is COc1ccc(/C=N/N(C(=O)c2ccc(C(C)=O)cc2)c2nc3ccc(Br)cc3s2)cc1. The van der Waals surface area contributed by atoms with Crippen LogP contribution in [0.4, 0.5) is 5.13 Å². The van der Waals surface area contributed by atoms with Crippen LogP contribution >= 0.6 is 27.3 Å². The highest BCUT2D eigenvalue weighted by atomic mass is 79.9. The monoisotopic (exact) mass is 507 g/mol. The van der Waals surface area contributed by atoms with Crippen molar-refractivity contribution in [2.45, 2.75) is 6.92 Å². The lowest BCUT2D eigenvalue weighted by Crippen LogP contribution is -2.25. The number of ketones is 1. The Morgan fingerprint density at radius 2 is 1.72 bits per heavy atom. The predicted octanol–water partition coefficient (Wildman–Crippen LogP) is 5.95. The Morgan fingerprint density at radius 1 is 1.03 bits per heavy atom. The largest absolute Gasteiger partial charge is 0.497 e. The van der Waals surface area contributed by atoms with Gasteiger partial charge in [0.05, 0.1) is 23.5 Å². The van der Waals surface area contributed by atoms with E-state index >= 15 is 0 Å². The third-order valence-corrected chi connectivity index (χ3v) is 6.18. The fourth-order valence-corrected chi connectivity index (χ4v) is 4.42. The molecule has 0 saturated carbocycles. The number of carbonyl (C=O) groups excluding carboxylic acids is 2. The van der Waals surface area contributed by atoms with Gasteiger partial charge in [0.25, 0.3) is 5.91 Å². The van der Waals surface area contributed by atoms with Crippen LogP contribution in [0, 0.1) is 0 Å². The van der Waals surface area contributed by atoms with E-state index in [1.807, 2.05) is 42.5 Å². The van der Waals surface area contributed by atoms with Gasteiger partial charge < -0.3 is 4.74 Å². The summed E-state index contributed by atoms with van der Waals surface area (Å²) in [6, 6.07) is 19.6. The lowest BCUT2D eigenvalue weighted by Gasteiger charge is -2.14. The Balaban J connectivity index is 1.72. The van der Waals surface area contributed by atoms with Crippen LogP contribution < -0.4 is 9.75 Å². The number of carbonyl (C=O) groups is 2. The second-order valence-corrected chi connectivity index (χ2v) is 8.80. The van der Waals surface area contributed by atoms with Crippen LogP contribution in [0.2, 0.25) is 0 Å². The normalized spacial score (nSPS) is 11.1. The van der Waals surface area contributed by atoms with Gasteiger partial charge in [0, 0.05) is 15.6 Å². The molecule has 0 N–H and O–H groups in total. The van der Waals surface area contributed by atoms with Crippen molar-refractivity contribution in [3.63, 3.8) is 0 Å². The highest BCUT2D eigenvalue weighted by molar-refractivity contribution is 9.10. The molecule has 0 bridgehead atoms. The van der Waals surface area contributed by atoms with Gasteiger partial charge in [-0.3, -0.25) is 9.59 Å². The van der Waals surface area contributed by atoms with Crippen molar-refractivity contribution < 1.29 is 14.3 Å². The zero-order chi connectivity index (χ0) is 22.7. The van der Waals surface area contributed by atoms with E-state index in [9.17, 15) is 9.59 Å². The van der Waals surface area contributed by atoms with Crippen LogP contribution in [0.25, 0.3) is 10.2 Å². The third kappa shape index (κ3) is 4.76. The second-order valence-electron chi connectivity index (χ2n) is 6.88. The molecule has 160 valence electrons. The van der Waals surface area contributed by atoms with Crippen molar-refractivity contribution >= 4 is 60.5 Å². The number of anilines is 1. The summed E-state index contributed by atoms with van der Waals surface area (Å²) in [5.74, 6) is 0.329. The Labute approximate surface area is 197 Å². The summed E-state index contributed by atoms with van der Waals surface area (Å²) in [4.78, 5) is 29.5. The number of fused-ring (bicyclic) bond motifs is 1. The van der Waals surface area contributed by atoms with Crippen LogP contribution in [0.15, 0.2) is 76.3 Å². The predicted molar refractivity (Wildman–Crippen MR) is 131 cm³/mol. The number of ether oxygens (including phenoxy) is 1. The van der Waals surface area contributed by atoms with Crippen LogP contribution in [0.3, 0.4) is 0 Å². The molecule has 0 spiro atoms. The Morgan fingerprint density at radius 3 is 2.38 bits per heavy atom. The van der Waals surface area contributed by atoms with E-state index in [0.717, 1.165) is 26.0 Å². The van der Waals surface area contributed by atoms with Gasteiger partial charge in [0.1, 0.15) is 5.75 Å². The van der Waals surface area contributed by atoms with E-state index in [1.165, 1.54) is 23.3 Å². The van der Waals surface area contributed by atoms with Gasteiger partial charge in [-0.2, -0.15) is 10.1 Å². The number of rotatable bonds is 6. The maximum atomic E-state index is 13.4. The first-order chi connectivity index (χ1) is 15.4. The van der Waals surface area contributed by atoms with E-state index in [0.29, 0.717) is 16.3 Å². The standard InChI is InChI=1S/C24H18BrN3O3S/c1-15(29)17-5-7-18(8-6-17)23(30)28(26-14-16-3-10-20(31-2)11-4-16)24-27-21-12-9-19(25)13-22(21)32-24/h3-14H,1-2H3/b26-14+. The number of benzene rings is 3. The van der Waals surface area contributed by atoms with Crippen LogP contribution in [0.1, 0.15) is 33.2 Å². The molecule has 32 heavy (non-hydrogen) atoms. The average molecular weight is 508 g/mol. The lowest BCUT2D eigenvalue weighted by atomic mass is 10.1. The molecule has 4 rings (SSSR count). The van der Waals surface area contributed by atoms with Gasteiger partial charge in [-0.25, -0.2) is 4.98 Å². The molecule has 6 nitrogen and oxygen atoms in total. The van der Waals surface area contributed by atoms with Crippen molar-refractivity contribution in [3.8, 4) is 5.75 Å². The number of halogens is 1. The first-order valence-corrected chi connectivity index (χ1v) is 11.2. The van der Waals surface area contributed by atoms with E-state index < -0.39 is 0 Å². The fourth-order valence-electron chi connectivity index (χ4n) is 2.95. The number of aromatic nitrogens is 1. The Hall–Kier alpha value is -3.36. The summed E-state index contributed by atoms with van der Waals surface area (Å²) in [6.45, 7) is 1.49. The zero-order valence-electron chi connectivity index (χ0n) is 17.3. The number of hydrazone groups is 1. The van der Waals surface area contributed by atoms with Crippen molar-refractivity contribution in [1.82, 2.24) is 4.98 Å². The van der Waals surface area contributed by atoms with Gasteiger partial charge in [-0.15, -0.1) is 0 Å². The zero-order valence-corrected chi connectivity index (χ0v) is 19.7. The number of methoxy groups -OCH3 is 1. The van der Waals surface area contributed by atoms with Gasteiger partial charge in [-0.05, 0) is 67.1 Å². The number of amides is 1. The van der Waals surface area contributed by atoms with Crippen molar-refractivity contribution in [2.75, 3.05) is 12.1 Å². The molecule has 0 saturated heterocycles. The molecule has 0 unspecified atom stereocenters. The third-order valence-electron chi connectivity index (χ3n) is 4.69. The van der Waals surface area contributed by atoms with E-state index in [1.54, 1.807) is 37.6 Å². The summed E-state index contributed by atoms with van der Waals surface area (Å²) in [5, 5.41) is 6.19.